The largest absolute Gasteiger partial charge is 0.412 e. The number of rotatable bonds is 3. The molecule has 1 rings (SSSR count). The van der Waals surface area contributed by atoms with Gasteiger partial charge in [0.2, 0.25) is 6.41 Å². The van der Waals surface area contributed by atoms with Crippen molar-refractivity contribution in [3.05, 3.63) is 35.9 Å². The first-order chi connectivity index (χ1) is 6.55. The molecular formula is C9H8F3NO. The van der Waals surface area contributed by atoms with Crippen LogP contribution in [0.5, 0.6) is 0 Å². The van der Waals surface area contributed by atoms with E-state index in [2.05, 4.69) is 0 Å². The van der Waals surface area contributed by atoms with Crippen LogP contribution in [-0.4, -0.2) is 12.6 Å². The summed E-state index contributed by atoms with van der Waals surface area (Å²) >= 11 is 0. The van der Waals surface area contributed by atoms with Gasteiger partial charge in [-0.05, 0) is 5.56 Å². The molecule has 1 N–H and O–H groups in total. The van der Waals surface area contributed by atoms with Crippen LogP contribution in [0.15, 0.2) is 30.3 Å². The van der Waals surface area contributed by atoms with Crippen LogP contribution in [0.3, 0.4) is 0 Å². The van der Waals surface area contributed by atoms with Crippen LogP contribution in [0, 0.1) is 0 Å². The standard InChI is InChI=1S/C9H8F3NO/c10-9(11,12)8(13-6-14)7-4-2-1-3-5-7/h1-6,8H,(H,13,14)/t8-/m0/s1. The van der Waals surface area contributed by atoms with Crippen LogP contribution >= 0.6 is 0 Å². The number of hydrogen-bond acceptors (Lipinski definition) is 1. The van der Waals surface area contributed by atoms with Crippen molar-refractivity contribution in [2.75, 3.05) is 0 Å². The average Bonchev–Trinajstić information content (AvgIpc) is 2.14. The molecule has 1 amide bonds. The monoisotopic (exact) mass is 203 g/mol. The van der Waals surface area contributed by atoms with Gasteiger partial charge in [0, 0.05) is 0 Å². The predicted octanol–water partition coefficient (Wildman–Crippen LogP) is 2.04. The number of amides is 1. The molecule has 76 valence electrons. The topological polar surface area (TPSA) is 29.1 Å². The summed E-state index contributed by atoms with van der Waals surface area (Å²) in [6.45, 7) is 0. The van der Waals surface area contributed by atoms with Crippen LogP contribution in [0.2, 0.25) is 0 Å². The van der Waals surface area contributed by atoms with Gasteiger partial charge in [-0.3, -0.25) is 4.79 Å². The third-order valence-corrected chi connectivity index (χ3v) is 1.69. The Kier molecular flexibility index (Phi) is 3.11. The van der Waals surface area contributed by atoms with E-state index in [4.69, 9.17) is 0 Å². The quantitative estimate of drug-likeness (QED) is 0.748. The molecule has 0 heterocycles. The lowest BCUT2D eigenvalue weighted by atomic mass is 10.1. The van der Waals surface area contributed by atoms with Gasteiger partial charge in [-0.1, -0.05) is 30.3 Å². The van der Waals surface area contributed by atoms with Gasteiger partial charge in [-0.25, -0.2) is 0 Å². The zero-order chi connectivity index (χ0) is 10.6. The van der Waals surface area contributed by atoms with Crippen molar-refractivity contribution < 1.29 is 18.0 Å². The molecule has 1 atom stereocenters. The second-order valence-electron chi connectivity index (χ2n) is 2.67. The lowest BCUT2D eigenvalue weighted by Crippen LogP contribution is -2.33. The summed E-state index contributed by atoms with van der Waals surface area (Å²) < 4.78 is 37.1. The van der Waals surface area contributed by atoms with Crippen molar-refractivity contribution >= 4 is 6.41 Å². The molecule has 0 bridgehead atoms. The second kappa shape index (κ2) is 4.13. The Labute approximate surface area is 78.7 Å². The number of alkyl halides is 3. The van der Waals surface area contributed by atoms with Crippen LogP contribution in [0.4, 0.5) is 13.2 Å². The van der Waals surface area contributed by atoms with Gasteiger partial charge in [0.05, 0.1) is 0 Å². The predicted molar refractivity (Wildman–Crippen MR) is 44.4 cm³/mol. The van der Waals surface area contributed by atoms with Crippen molar-refractivity contribution in [1.29, 1.82) is 0 Å². The summed E-state index contributed by atoms with van der Waals surface area (Å²) in [5.74, 6) is 0. The van der Waals surface area contributed by atoms with Gasteiger partial charge < -0.3 is 5.32 Å². The highest BCUT2D eigenvalue weighted by molar-refractivity contribution is 5.48. The Hall–Kier alpha value is -1.52. The van der Waals surface area contributed by atoms with Gasteiger partial charge in [0.15, 0.2) is 6.04 Å². The molecule has 0 radical (unpaired) electrons. The maximum absolute atomic E-state index is 12.4. The fraction of sp³-hybridized carbons (Fsp3) is 0.222. The average molecular weight is 203 g/mol. The highest BCUT2D eigenvalue weighted by atomic mass is 19.4. The fourth-order valence-corrected chi connectivity index (χ4v) is 1.09. The molecule has 0 unspecified atom stereocenters. The summed E-state index contributed by atoms with van der Waals surface area (Å²) in [4.78, 5) is 10.0. The Balaban J connectivity index is 2.95. The first kappa shape index (κ1) is 10.6. The summed E-state index contributed by atoms with van der Waals surface area (Å²) in [6, 6.07) is 5.28. The Morgan fingerprint density at radius 2 is 1.79 bits per heavy atom. The van der Waals surface area contributed by atoms with E-state index in [0.717, 1.165) is 0 Å². The van der Waals surface area contributed by atoms with Crippen LogP contribution in [0.25, 0.3) is 0 Å². The first-order valence-electron chi connectivity index (χ1n) is 3.87. The molecule has 0 aliphatic heterocycles. The molecule has 0 aromatic heterocycles. The molecule has 0 saturated heterocycles. The van der Waals surface area contributed by atoms with Crippen molar-refractivity contribution in [3.63, 3.8) is 0 Å². The van der Waals surface area contributed by atoms with Gasteiger partial charge in [-0.2, -0.15) is 13.2 Å². The third kappa shape index (κ3) is 2.48. The summed E-state index contributed by atoms with van der Waals surface area (Å²) in [6.07, 6.45) is -4.42. The molecule has 0 saturated carbocycles. The highest BCUT2D eigenvalue weighted by Crippen LogP contribution is 2.31. The molecule has 1 aromatic carbocycles. The minimum absolute atomic E-state index is 0.0205. The van der Waals surface area contributed by atoms with Gasteiger partial charge in [-0.15, -0.1) is 0 Å². The van der Waals surface area contributed by atoms with Gasteiger partial charge >= 0.3 is 6.18 Å². The summed E-state index contributed by atoms with van der Waals surface area (Å²) in [5, 5.41) is 1.73. The van der Waals surface area contributed by atoms with E-state index in [-0.39, 0.29) is 12.0 Å². The van der Waals surface area contributed by atoms with E-state index >= 15 is 0 Å². The van der Waals surface area contributed by atoms with E-state index in [1.54, 1.807) is 11.4 Å². The van der Waals surface area contributed by atoms with E-state index < -0.39 is 12.2 Å². The number of carbonyl (C=O) groups is 1. The number of halogens is 3. The maximum atomic E-state index is 12.4. The molecule has 5 heteroatoms. The number of carbonyl (C=O) groups excluding carboxylic acids is 1. The minimum Gasteiger partial charge on any atom is -0.343 e. The zero-order valence-electron chi connectivity index (χ0n) is 7.08. The molecule has 2 nitrogen and oxygen atoms in total. The summed E-state index contributed by atoms with van der Waals surface area (Å²) in [5.41, 5.74) is 0.0205. The van der Waals surface area contributed by atoms with Crippen LogP contribution in [-0.2, 0) is 4.79 Å². The number of hydrogen-bond donors (Lipinski definition) is 1. The SMILES string of the molecule is O=CN[C@@H](c1ccccc1)C(F)(F)F. The van der Waals surface area contributed by atoms with E-state index in [1.807, 2.05) is 0 Å². The molecule has 0 aliphatic rings. The Morgan fingerprint density at radius 1 is 1.21 bits per heavy atom. The zero-order valence-corrected chi connectivity index (χ0v) is 7.08. The lowest BCUT2D eigenvalue weighted by Gasteiger charge is -2.19. The van der Waals surface area contributed by atoms with Gasteiger partial charge in [0.1, 0.15) is 0 Å². The molecular weight excluding hydrogens is 195 g/mol. The van der Waals surface area contributed by atoms with E-state index in [0.29, 0.717) is 0 Å². The maximum Gasteiger partial charge on any atom is 0.412 e. The fourth-order valence-electron chi connectivity index (χ4n) is 1.09. The molecule has 1 aromatic rings. The second-order valence-corrected chi connectivity index (χ2v) is 2.67. The lowest BCUT2D eigenvalue weighted by molar-refractivity contribution is -0.160. The van der Waals surface area contributed by atoms with Crippen molar-refractivity contribution in [3.8, 4) is 0 Å². The van der Waals surface area contributed by atoms with Crippen molar-refractivity contribution in [1.82, 2.24) is 5.32 Å². The molecule has 0 aliphatic carbocycles. The van der Waals surface area contributed by atoms with Crippen LogP contribution in [0.1, 0.15) is 11.6 Å². The van der Waals surface area contributed by atoms with Crippen molar-refractivity contribution in [2.24, 2.45) is 0 Å². The number of nitrogens with one attached hydrogen (secondary N) is 1. The first-order valence-corrected chi connectivity index (χ1v) is 3.87. The Morgan fingerprint density at radius 3 is 2.21 bits per heavy atom. The summed E-state index contributed by atoms with van der Waals surface area (Å²) in [7, 11) is 0. The third-order valence-electron chi connectivity index (χ3n) is 1.69. The highest BCUT2D eigenvalue weighted by Gasteiger charge is 2.40. The number of benzene rings is 1. The molecule has 14 heavy (non-hydrogen) atoms. The van der Waals surface area contributed by atoms with E-state index in [9.17, 15) is 18.0 Å². The normalized spacial score (nSPS) is 13.4. The minimum atomic E-state index is -4.47. The molecule has 0 fully saturated rings. The van der Waals surface area contributed by atoms with Gasteiger partial charge in [0.25, 0.3) is 0 Å². The van der Waals surface area contributed by atoms with E-state index in [1.165, 1.54) is 24.3 Å². The van der Waals surface area contributed by atoms with Crippen molar-refractivity contribution in [2.45, 2.75) is 12.2 Å². The van der Waals surface area contributed by atoms with Crippen LogP contribution < -0.4 is 5.32 Å². The smallest absolute Gasteiger partial charge is 0.343 e. The molecule has 0 spiro atoms. The Bertz CT molecular complexity index is 297.